The van der Waals surface area contributed by atoms with Crippen LogP contribution in [-0.2, 0) is 0 Å². The quantitative estimate of drug-likeness (QED) is 0.403. The van der Waals surface area contributed by atoms with Gasteiger partial charge in [0, 0.05) is 38.5 Å². The van der Waals surface area contributed by atoms with Gasteiger partial charge in [0.15, 0.2) is 0 Å². The molecule has 0 bridgehead atoms. The number of aliphatic hydroxyl groups is 1. The van der Waals surface area contributed by atoms with Crippen molar-refractivity contribution in [2.24, 2.45) is 0 Å². The molecule has 0 unspecified atom stereocenters. The van der Waals surface area contributed by atoms with E-state index in [4.69, 9.17) is 0 Å². The lowest BCUT2D eigenvalue weighted by molar-refractivity contribution is 0.290. The van der Waals surface area contributed by atoms with Gasteiger partial charge in [-0.25, -0.2) is 0 Å². The molecule has 1 saturated heterocycles. The van der Waals surface area contributed by atoms with Gasteiger partial charge in [-0.15, -0.1) is 0 Å². The number of allylic oxidation sites excluding steroid dienone is 6. The highest BCUT2D eigenvalue weighted by molar-refractivity contribution is 5.99. The van der Waals surface area contributed by atoms with E-state index in [9.17, 15) is 5.11 Å². The van der Waals surface area contributed by atoms with E-state index < -0.39 is 0 Å². The van der Waals surface area contributed by atoms with Crippen LogP contribution in [0.3, 0.4) is 0 Å². The summed E-state index contributed by atoms with van der Waals surface area (Å²) in [6, 6.07) is 19.1. The summed E-state index contributed by atoms with van der Waals surface area (Å²) < 4.78 is 0. The Hall–Kier alpha value is -2.88. The zero-order valence-corrected chi connectivity index (χ0v) is 19.5. The maximum absolute atomic E-state index is 9.56. The van der Waals surface area contributed by atoms with Gasteiger partial charge in [0.1, 0.15) is 0 Å². The average Bonchev–Trinajstić information content (AvgIpc) is 2.84. The third-order valence-electron chi connectivity index (χ3n) is 5.90. The normalized spacial score (nSPS) is 15.7. The summed E-state index contributed by atoms with van der Waals surface area (Å²) in [4.78, 5) is 2.42. The lowest BCUT2D eigenvalue weighted by Gasteiger charge is -2.30. The van der Waals surface area contributed by atoms with Gasteiger partial charge in [-0.05, 0) is 60.6 Å². The van der Waals surface area contributed by atoms with Crippen LogP contribution in [0.4, 0.5) is 0 Å². The summed E-state index contributed by atoms with van der Waals surface area (Å²) in [5, 5.41) is 13.0. The molecule has 1 fully saturated rings. The molecule has 2 N–H and O–H groups in total. The first kappa shape index (κ1) is 23.8. The minimum absolute atomic E-state index is 0.172. The maximum Gasteiger partial charge on any atom is 0.0434 e. The predicted octanol–water partition coefficient (Wildman–Crippen LogP) is 5.60. The van der Waals surface area contributed by atoms with Crippen LogP contribution < -0.4 is 5.32 Å². The predicted molar refractivity (Wildman–Crippen MR) is 137 cm³/mol. The number of benzene rings is 2. The number of nitrogens with one attached hydrogen (secondary N) is 1. The van der Waals surface area contributed by atoms with Crippen LogP contribution in [0.5, 0.6) is 0 Å². The Bertz CT molecular complexity index is 962. The SMILES string of the molecule is C=C(/C=C\C(=C/C)N1CCNCC1)/C(=C(/CCCO)c1ccccc1)c1ccc(C)cc1. The molecule has 1 aliphatic heterocycles. The Labute approximate surface area is 193 Å². The molecule has 3 nitrogen and oxygen atoms in total. The van der Waals surface area contributed by atoms with Gasteiger partial charge in [0.05, 0.1) is 0 Å². The molecule has 0 aromatic heterocycles. The van der Waals surface area contributed by atoms with Crippen LogP contribution >= 0.6 is 0 Å². The van der Waals surface area contributed by atoms with Crippen molar-refractivity contribution in [2.45, 2.75) is 26.7 Å². The van der Waals surface area contributed by atoms with Gasteiger partial charge in [-0.2, -0.15) is 0 Å². The monoisotopic (exact) mass is 428 g/mol. The molecule has 168 valence electrons. The smallest absolute Gasteiger partial charge is 0.0434 e. The van der Waals surface area contributed by atoms with Crippen LogP contribution in [0.25, 0.3) is 11.1 Å². The highest BCUT2D eigenvalue weighted by atomic mass is 16.2. The molecule has 3 heteroatoms. The summed E-state index contributed by atoms with van der Waals surface area (Å²) in [5.41, 5.74) is 8.16. The van der Waals surface area contributed by atoms with Gasteiger partial charge < -0.3 is 15.3 Å². The summed E-state index contributed by atoms with van der Waals surface area (Å²) in [5.74, 6) is 0. The Morgan fingerprint density at radius 2 is 1.69 bits per heavy atom. The lowest BCUT2D eigenvalue weighted by atomic mass is 9.87. The van der Waals surface area contributed by atoms with E-state index in [1.807, 2.05) is 6.07 Å². The molecule has 0 saturated carbocycles. The van der Waals surface area contributed by atoms with Crippen molar-refractivity contribution in [1.82, 2.24) is 10.2 Å². The van der Waals surface area contributed by atoms with E-state index in [-0.39, 0.29) is 6.61 Å². The van der Waals surface area contributed by atoms with Crippen molar-refractivity contribution in [3.63, 3.8) is 0 Å². The maximum atomic E-state index is 9.56. The molecular weight excluding hydrogens is 392 g/mol. The summed E-state index contributed by atoms with van der Waals surface area (Å²) in [6.07, 6.45) is 8.03. The molecular formula is C29H36N2O. The fourth-order valence-corrected chi connectivity index (χ4v) is 4.16. The van der Waals surface area contributed by atoms with Crippen molar-refractivity contribution in [2.75, 3.05) is 32.8 Å². The Morgan fingerprint density at radius 3 is 2.31 bits per heavy atom. The fraction of sp³-hybridized carbons (Fsp3) is 0.310. The first-order valence-electron chi connectivity index (χ1n) is 11.6. The van der Waals surface area contributed by atoms with Crippen LogP contribution in [0.1, 0.15) is 36.5 Å². The zero-order valence-electron chi connectivity index (χ0n) is 19.5. The van der Waals surface area contributed by atoms with Crippen molar-refractivity contribution in [3.05, 3.63) is 107 Å². The van der Waals surface area contributed by atoms with Crippen molar-refractivity contribution in [3.8, 4) is 0 Å². The molecule has 1 aliphatic rings. The number of aryl methyl sites for hydroxylation is 1. The molecule has 32 heavy (non-hydrogen) atoms. The third kappa shape index (κ3) is 6.32. The summed E-state index contributed by atoms with van der Waals surface area (Å²) >= 11 is 0. The first-order valence-corrected chi connectivity index (χ1v) is 11.6. The van der Waals surface area contributed by atoms with E-state index in [0.717, 1.165) is 55.7 Å². The van der Waals surface area contributed by atoms with Gasteiger partial charge in [0.25, 0.3) is 0 Å². The highest BCUT2D eigenvalue weighted by Crippen LogP contribution is 2.35. The van der Waals surface area contributed by atoms with E-state index in [2.05, 4.69) is 97.4 Å². The van der Waals surface area contributed by atoms with Gasteiger partial charge in [-0.3, -0.25) is 0 Å². The molecule has 2 aromatic rings. The van der Waals surface area contributed by atoms with Crippen LogP contribution in [0, 0.1) is 6.92 Å². The average molecular weight is 429 g/mol. The van der Waals surface area contributed by atoms with Crippen molar-refractivity contribution < 1.29 is 5.11 Å². The zero-order chi connectivity index (χ0) is 22.8. The summed E-state index contributed by atoms with van der Waals surface area (Å²) in [6.45, 7) is 12.9. The van der Waals surface area contributed by atoms with Crippen molar-refractivity contribution >= 4 is 11.1 Å². The van der Waals surface area contributed by atoms with E-state index in [1.165, 1.54) is 22.4 Å². The molecule has 0 aliphatic carbocycles. The Morgan fingerprint density at radius 1 is 1.00 bits per heavy atom. The fourth-order valence-electron chi connectivity index (χ4n) is 4.16. The van der Waals surface area contributed by atoms with Crippen molar-refractivity contribution in [1.29, 1.82) is 0 Å². The van der Waals surface area contributed by atoms with Crippen LogP contribution in [0.15, 0.2) is 90.7 Å². The molecule has 0 atom stereocenters. The molecule has 1 heterocycles. The number of piperazine rings is 1. The van der Waals surface area contributed by atoms with Gasteiger partial charge >= 0.3 is 0 Å². The van der Waals surface area contributed by atoms with Crippen LogP contribution in [0.2, 0.25) is 0 Å². The Balaban J connectivity index is 2.03. The van der Waals surface area contributed by atoms with Gasteiger partial charge in [0.2, 0.25) is 0 Å². The molecule has 3 rings (SSSR count). The summed E-state index contributed by atoms with van der Waals surface area (Å²) in [7, 11) is 0. The molecule has 0 amide bonds. The minimum atomic E-state index is 0.172. The number of nitrogens with zero attached hydrogens (tertiary/aromatic N) is 1. The Kier molecular flexibility index (Phi) is 9.09. The minimum Gasteiger partial charge on any atom is -0.396 e. The number of rotatable bonds is 9. The second-order valence-electron chi connectivity index (χ2n) is 8.22. The number of hydrogen-bond donors (Lipinski definition) is 2. The highest BCUT2D eigenvalue weighted by Gasteiger charge is 2.15. The lowest BCUT2D eigenvalue weighted by Crippen LogP contribution is -2.42. The standard InChI is InChI=1S/C29H36N2O/c1-4-27(31-20-18-30-19-21-31)17-14-24(3)29(26-15-12-23(2)13-16-26)28(11-8-22-32)25-9-6-5-7-10-25/h4-7,9-10,12-17,30,32H,3,8,11,18-22H2,1-2H3/b17-14-,27-4+,29-28+. The van der Waals surface area contributed by atoms with Crippen LogP contribution in [-0.4, -0.2) is 42.8 Å². The van der Waals surface area contributed by atoms with Gasteiger partial charge in [-0.1, -0.05) is 78.9 Å². The molecule has 0 spiro atoms. The number of hydrogen-bond acceptors (Lipinski definition) is 3. The first-order chi connectivity index (χ1) is 15.6. The van der Waals surface area contributed by atoms with E-state index >= 15 is 0 Å². The largest absolute Gasteiger partial charge is 0.396 e. The topological polar surface area (TPSA) is 35.5 Å². The van der Waals surface area contributed by atoms with E-state index in [1.54, 1.807) is 0 Å². The second kappa shape index (κ2) is 12.2. The second-order valence-corrected chi connectivity index (χ2v) is 8.22. The third-order valence-corrected chi connectivity index (χ3v) is 5.90. The molecule has 0 radical (unpaired) electrons. The molecule has 2 aromatic carbocycles. The van der Waals surface area contributed by atoms with E-state index in [0.29, 0.717) is 0 Å². The number of aliphatic hydroxyl groups excluding tert-OH is 1.